The van der Waals surface area contributed by atoms with Crippen LogP contribution >= 0.6 is 31.4 Å². The van der Waals surface area contributed by atoms with Crippen molar-refractivity contribution in [3.63, 3.8) is 0 Å². The van der Waals surface area contributed by atoms with Gasteiger partial charge in [0.2, 0.25) is 0 Å². The van der Waals surface area contributed by atoms with Gasteiger partial charge in [-0.2, -0.15) is 0 Å². The maximum absolute atomic E-state index is 5.55. The zero-order valence-corrected chi connectivity index (χ0v) is 18.7. The summed E-state index contributed by atoms with van der Waals surface area (Å²) in [4.78, 5) is 0. The Hall–Kier alpha value is 2.18. The van der Waals surface area contributed by atoms with Crippen molar-refractivity contribution in [1.29, 1.82) is 0 Å². The van der Waals surface area contributed by atoms with Crippen molar-refractivity contribution in [3.05, 3.63) is 0 Å². The van der Waals surface area contributed by atoms with E-state index in [9.17, 15) is 0 Å². The average molecular weight is 503 g/mol. The molecule has 0 radical (unpaired) electrons. The van der Waals surface area contributed by atoms with Crippen molar-refractivity contribution in [2.45, 2.75) is 78.0 Å². The molecule has 1 nitrogen and oxygen atoms in total. The van der Waals surface area contributed by atoms with Crippen molar-refractivity contribution in [1.82, 2.24) is 0 Å². The van der Waals surface area contributed by atoms with E-state index in [0.29, 0.717) is 11.3 Å². The van der Waals surface area contributed by atoms with Gasteiger partial charge in [0, 0.05) is 0 Å². The van der Waals surface area contributed by atoms with E-state index < -0.39 is 9.34 Å². The monoisotopic (exact) mass is 505 g/mol. The third-order valence-electron chi connectivity index (χ3n) is 3.21. The molecule has 0 rings (SSSR count). The van der Waals surface area contributed by atoms with E-state index >= 15 is 0 Å². The van der Waals surface area contributed by atoms with Gasteiger partial charge in [-0.15, -0.1) is 0 Å². The molecule has 0 saturated heterocycles. The second kappa shape index (κ2) is 7.26. The molecule has 0 aliphatic carbocycles. The van der Waals surface area contributed by atoms with Gasteiger partial charge in [-0.05, 0) is 0 Å². The molecule has 0 saturated carbocycles. The molecule has 0 atom stereocenters. The van der Waals surface area contributed by atoms with Gasteiger partial charge < -0.3 is 0 Å². The third-order valence-corrected chi connectivity index (χ3v) is 28.8. The summed E-state index contributed by atoms with van der Waals surface area (Å²) in [6, 6.07) is 0. The predicted molar refractivity (Wildman–Crippen MR) is 96.6 cm³/mol. The normalized spacial score (nSPS) is 14.2. The summed E-state index contributed by atoms with van der Waals surface area (Å²) in [5, 5.41) is 0. The summed E-state index contributed by atoms with van der Waals surface area (Å²) in [5.74, 6) is 0. The first kappa shape index (κ1) is 19.2. The summed E-state index contributed by atoms with van der Waals surface area (Å²) in [7, 11) is 0. The Balaban J connectivity index is 5.83. The molecule has 0 fully saturated rings. The average Bonchev–Trinajstić information content (AvgIpc) is 2.15. The second-order valence-electron chi connectivity index (χ2n) is 5.79. The molecule has 0 aromatic heterocycles. The van der Waals surface area contributed by atoms with E-state index in [1.54, 1.807) is 0 Å². The van der Waals surface area contributed by atoms with Crippen LogP contribution in [-0.4, -0.2) is 43.9 Å². The number of rotatable bonds is 5. The first-order valence-corrected chi connectivity index (χ1v) is 16.0. The van der Waals surface area contributed by atoms with Gasteiger partial charge in [0.15, 0.2) is 0 Å². The zero-order chi connectivity index (χ0) is 14.0. The van der Waals surface area contributed by atoms with Crippen molar-refractivity contribution in [2.75, 3.05) is 0 Å². The molecule has 17 heavy (non-hydrogen) atoms. The van der Waals surface area contributed by atoms with Crippen molar-refractivity contribution in [2.24, 2.45) is 4.52 Å². The minimum absolute atomic E-state index is 0.710. The van der Waals surface area contributed by atoms with Crippen LogP contribution in [0.4, 0.5) is 0 Å². The first-order chi connectivity index (χ1) is 7.48. The van der Waals surface area contributed by atoms with Crippen molar-refractivity contribution >= 4 is 52.6 Å². The van der Waals surface area contributed by atoms with Gasteiger partial charge in [0.25, 0.3) is 0 Å². The molecule has 0 spiro atoms. The summed E-state index contributed by atoms with van der Waals surface area (Å²) < 4.78 is 3.19. The van der Waals surface area contributed by atoms with Crippen LogP contribution in [0.2, 0.25) is 0 Å². The van der Waals surface area contributed by atoms with Crippen LogP contribution in [0.1, 0.15) is 55.4 Å². The number of halogens is 1. The van der Waals surface area contributed by atoms with Crippen LogP contribution in [0.3, 0.4) is 0 Å². The molecule has 0 bridgehead atoms. The van der Waals surface area contributed by atoms with Gasteiger partial charge in [-0.25, -0.2) is 0 Å². The van der Waals surface area contributed by atoms with Crippen molar-refractivity contribution < 1.29 is 0 Å². The van der Waals surface area contributed by atoms with Crippen LogP contribution in [0, 0.1) is 0 Å². The van der Waals surface area contributed by atoms with E-state index in [4.69, 9.17) is 4.52 Å². The molecule has 0 aromatic rings. The van der Waals surface area contributed by atoms with Gasteiger partial charge in [-0.3, -0.25) is 0 Å². The molecule has 5 heteroatoms. The van der Waals surface area contributed by atoms with Gasteiger partial charge in [-0.1, -0.05) is 0 Å². The van der Waals surface area contributed by atoms with Gasteiger partial charge in [0.1, 0.15) is 0 Å². The summed E-state index contributed by atoms with van der Waals surface area (Å²) >= 11 is 5.09. The summed E-state index contributed by atoms with van der Waals surface area (Å²) in [5.41, 5.74) is 2.86. The molecule has 0 aliphatic heterocycles. The fraction of sp³-hybridized carbons (Fsp3) is 1.00. The maximum atomic E-state index is 5.55. The van der Waals surface area contributed by atoms with E-state index in [2.05, 4.69) is 98.7 Å². The Morgan fingerprint density at radius 1 is 0.765 bits per heavy atom. The second-order valence-corrected chi connectivity index (χ2v) is 22.9. The summed E-state index contributed by atoms with van der Waals surface area (Å²) in [6.07, 6.45) is 0. The number of hydrogen-bond acceptors (Lipinski definition) is 1. The van der Waals surface area contributed by atoms with E-state index in [1.165, 1.54) is 0 Å². The molecule has 0 aromatic carbocycles. The standard InChI is InChI=1S/C12H28INP2Te/c1-9(2)15(13,10(3)4)14-16(17,11(5)6)12(7)8/h9-12H,1-8H3. The van der Waals surface area contributed by atoms with Gasteiger partial charge in [0.05, 0.1) is 0 Å². The molecule has 0 aliphatic rings. The minimum atomic E-state index is -1.20. The molecular weight excluding hydrogens is 475 g/mol. The topological polar surface area (TPSA) is 12.4 Å². The van der Waals surface area contributed by atoms with E-state index in [-0.39, 0.29) is 0 Å². The molecule has 0 N–H and O–H groups in total. The molecular formula is C12H28INP2Te. The number of hydrogen-bond donors (Lipinski definition) is 0. The van der Waals surface area contributed by atoms with Crippen LogP contribution in [0.25, 0.3) is 0 Å². The first-order valence-electron chi connectivity index (χ1n) is 6.40. The van der Waals surface area contributed by atoms with Crippen LogP contribution in [0.5, 0.6) is 0 Å². The Bertz CT molecular complexity index is 324. The Labute approximate surface area is 134 Å². The zero-order valence-electron chi connectivity index (χ0n) is 12.4. The van der Waals surface area contributed by atoms with Crippen molar-refractivity contribution in [3.8, 4) is 0 Å². The Kier molecular flexibility index (Phi) is 8.19. The van der Waals surface area contributed by atoms with Crippen LogP contribution < -0.4 is 0 Å². The fourth-order valence-corrected chi connectivity index (χ4v) is 18.9. The SMILES string of the molecule is CC(C)P(=[Te])(N=P(I)(C(C)C)C(C)C)C(C)C. The van der Waals surface area contributed by atoms with Gasteiger partial charge >= 0.3 is 135 Å². The van der Waals surface area contributed by atoms with E-state index in [0.717, 1.165) is 11.3 Å². The van der Waals surface area contributed by atoms with Crippen LogP contribution in [0.15, 0.2) is 4.52 Å². The molecule has 0 unspecified atom stereocenters. The summed E-state index contributed by atoms with van der Waals surface area (Å²) in [6.45, 7) is 18.9. The predicted octanol–water partition coefficient (Wildman–Crippen LogP) is 6.19. The Morgan fingerprint density at radius 3 is 1.24 bits per heavy atom. The third kappa shape index (κ3) is 4.60. The molecule has 0 heterocycles. The quantitative estimate of drug-likeness (QED) is 0.242. The van der Waals surface area contributed by atoms with E-state index in [1.807, 2.05) is 0 Å². The number of nitrogens with zero attached hydrogens (tertiary/aromatic N) is 1. The molecule has 0 amide bonds. The fourth-order valence-electron chi connectivity index (χ4n) is 1.82. The van der Waals surface area contributed by atoms with Crippen LogP contribution in [-0.2, 0) is 0 Å². The molecule has 104 valence electrons. The Morgan fingerprint density at radius 2 is 1.06 bits per heavy atom.